The van der Waals surface area contributed by atoms with Crippen LogP contribution in [0.2, 0.25) is 0 Å². The maximum Gasteiger partial charge on any atom is 0.252 e. The molecule has 7 aliphatic rings. The van der Waals surface area contributed by atoms with Crippen molar-refractivity contribution in [3.8, 4) is 11.1 Å². The van der Waals surface area contributed by atoms with E-state index in [1.165, 1.54) is 130 Å². The first-order valence-corrected chi connectivity index (χ1v) is 34.1. The summed E-state index contributed by atoms with van der Waals surface area (Å²) >= 11 is 0. The molecule has 16 rings (SSSR count). The molecule has 5 heteroatoms. The molecule has 0 spiro atoms. The number of hydrogen-bond donors (Lipinski definition) is 0. The molecule has 89 heavy (non-hydrogen) atoms. The second-order valence-corrected chi connectivity index (χ2v) is 34.5. The van der Waals surface area contributed by atoms with Gasteiger partial charge in [-0.2, -0.15) is 0 Å². The highest BCUT2D eigenvalue weighted by Crippen LogP contribution is 2.64. The largest absolute Gasteiger partial charge is 0.454 e. The van der Waals surface area contributed by atoms with Crippen LogP contribution in [0.4, 0.5) is 45.5 Å². The van der Waals surface area contributed by atoms with Crippen LogP contribution in [0.3, 0.4) is 0 Å². The minimum absolute atomic E-state index is 0.0000862. The molecule has 8 aromatic carbocycles. The van der Waals surface area contributed by atoms with E-state index in [1.54, 1.807) is 0 Å². The average Bonchev–Trinajstić information content (AvgIpc) is 1.56. The van der Waals surface area contributed by atoms with Crippen LogP contribution in [-0.2, 0) is 43.3 Å². The smallest absolute Gasteiger partial charge is 0.252 e. The molecule has 0 bridgehead atoms. The van der Waals surface area contributed by atoms with Gasteiger partial charge in [0.05, 0.1) is 11.2 Å². The van der Waals surface area contributed by atoms with Crippen LogP contribution < -0.4 is 31.1 Å². The van der Waals surface area contributed by atoms with Gasteiger partial charge in [-0.3, -0.25) is 0 Å². The van der Waals surface area contributed by atoms with Crippen molar-refractivity contribution in [2.75, 3.05) is 14.7 Å². The molecular weight excluding hydrogens is 1080 g/mol. The van der Waals surface area contributed by atoms with Crippen molar-refractivity contribution in [1.29, 1.82) is 0 Å². The number of fused-ring (bicyclic) bond motifs is 13. The van der Waals surface area contributed by atoms with E-state index in [0.717, 1.165) is 72.6 Å². The quantitative estimate of drug-likeness (QED) is 0.164. The summed E-state index contributed by atoms with van der Waals surface area (Å²) in [6, 6.07) is 54.2. The third kappa shape index (κ3) is 7.90. The van der Waals surface area contributed by atoms with E-state index in [-0.39, 0.29) is 55.6 Å². The first kappa shape index (κ1) is 57.2. The summed E-state index contributed by atoms with van der Waals surface area (Å²) in [6.07, 6.45) is 10.4. The van der Waals surface area contributed by atoms with Gasteiger partial charge in [0.2, 0.25) is 0 Å². The van der Waals surface area contributed by atoms with E-state index < -0.39 is 0 Å². The van der Waals surface area contributed by atoms with Crippen LogP contribution >= 0.6 is 0 Å². The van der Waals surface area contributed by atoms with Gasteiger partial charge in [0.15, 0.2) is 5.58 Å². The molecule has 4 heterocycles. The van der Waals surface area contributed by atoms with Crippen molar-refractivity contribution in [3.05, 3.63) is 184 Å². The predicted molar refractivity (Wildman–Crippen MR) is 381 cm³/mol. The highest BCUT2D eigenvalue weighted by atomic mass is 16.3. The van der Waals surface area contributed by atoms with E-state index in [0.29, 0.717) is 0 Å². The minimum Gasteiger partial charge on any atom is -0.454 e. The zero-order chi connectivity index (χ0) is 62.4. The molecular formula is C84H94BN3O. The molecule has 0 radical (unpaired) electrons. The van der Waals surface area contributed by atoms with Crippen LogP contribution in [0.15, 0.2) is 138 Å². The Balaban J connectivity index is 1.06. The highest BCUT2D eigenvalue weighted by molar-refractivity contribution is 7.00. The standard InChI is InChI=1S/C84H94BN3O/c1-50-40-57-62(82(15,16)49-81(57,13)14)46-68(50)87-70-48-61-59(78(7,8)37-39-80(61,11)12)45-65(70)85-64-44-58-60(79(9,10)38-36-77(58,5)6)47-69(64)86(67-26-23-25-56-55-24-19-20-27-73(55)89-75(56)67)71-42-54(43-72(87)74(71)85)88-66-33-30-52(51-28-31-53(32-29-51)76(2,3)4)41-63(66)83(17)34-21-22-35-84(83,88)18/h19-20,23-33,40-48H,21-22,34-39,49H2,1-18H3. The summed E-state index contributed by atoms with van der Waals surface area (Å²) in [5.41, 5.74) is 31.7. The number of para-hydroxylation sites is 2. The molecule has 1 fully saturated rings. The fraction of sp³-hybridized carbons (Fsp3) is 0.429. The summed E-state index contributed by atoms with van der Waals surface area (Å²) in [5, 5.41) is 2.30. The summed E-state index contributed by atoms with van der Waals surface area (Å²) in [7, 11) is 0. The zero-order valence-corrected chi connectivity index (χ0v) is 56.9. The number of nitrogens with zero attached hydrogens (tertiary/aromatic N) is 3. The van der Waals surface area contributed by atoms with Crippen LogP contribution in [-0.4, -0.2) is 12.3 Å². The lowest BCUT2D eigenvalue weighted by Crippen LogP contribution is -2.62. The lowest BCUT2D eigenvalue weighted by Gasteiger charge is -2.51. The molecule has 4 nitrogen and oxygen atoms in total. The van der Waals surface area contributed by atoms with Gasteiger partial charge in [-0.15, -0.1) is 0 Å². The first-order valence-electron chi connectivity index (χ1n) is 34.1. The molecule has 3 aliphatic heterocycles. The summed E-state index contributed by atoms with van der Waals surface area (Å²) in [4.78, 5) is 8.42. The average molecular weight is 1170 g/mol. The van der Waals surface area contributed by atoms with E-state index >= 15 is 0 Å². The van der Waals surface area contributed by atoms with Gasteiger partial charge in [0.1, 0.15) is 5.58 Å². The van der Waals surface area contributed by atoms with E-state index in [4.69, 9.17) is 4.42 Å². The maximum atomic E-state index is 7.28. The fourth-order valence-corrected chi connectivity index (χ4v) is 19.5. The Morgan fingerprint density at radius 1 is 0.416 bits per heavy atom. The number of anilines is 8. The molecule has 0 amide bonds. The zero-order valence-electron chi connectivity index (χ0n) is 56.9. The number of rotatable bonds is 4. The van der Waals surface area contributed by atoms with Crippen molar-refractivity contribution in [2.24, 2.45) is 0 Å². The van der Waals surface area contributed by atoms with Crippen molar-refractivity contribution < 1.29 is 4.42 Å². The topological polar surface area (TPSA) is 22.9 Å². The second kappa shape index (κ2) is 18.2. The normalized spacial score (nSPS) is 23.3. The molecule has 1 saturated carbocycles. The van der Waals surface area contributed by atoms with Gasteiger partial charge in [-0.1, -0.05) is 202 Å². The van der Waals surface area contributed by atoms with E-state index in [9.17, 15) is 0 Å². The van der Waals surface area contributed by atoms with Gasteiger partial charge < -0.3 is 19.1 Å². The Hall–Kier alpha value is -6.98. The van der Waals surface area contributed by atoms with Crippen LogP contribution in [0.25, 0.3) is 33.1 Å². The summed E-state index contributed by atoms with van der Waals surface area (Å²) in [5.74, 6) is 0. The van der Waals surface area contributed by atoms with Crippen molar-refractivity contribution >= 4 is 90.5 Å². The number of aryl methyl sites for hydroxylation is 1. The monoisotopic (exact) mass is 1170 g/mol. The molecule has 0 N–H and O–H groups in total. The van der Waals surface area contributed by atoms with Gasteiger partial charge in [-0.25, -0.2) is 0 Å². The lowest BCUT2D eigenvalue weighted by molar-refractivity contribution is 0.195. The minimum atomic E-state index is -0.224. The summed E-state index contributed by atoms with van der Waals surface area (Å²) in [6.45, 7) is 44.7. The van der Waals surface area contributed by atoms with E-state index in [2.05, 4.69) is 273 Å². The number of hydrogen-bond acceptors (Lipinski definition) is 4. The molecule has 454 valence electrons. The Kier molecular flexibility index (Phi) is 11.7. The predicted octanol–water partition coefficient (Wildman–Crippen LogP) is 21.3. The molecule has 1 aromatic heterocycles. The van der Waals surface area contributed by atoms with Crippen molar-refractivity contribution in [1.82, 2.24) is 0 Å². The molecule has 4 aliphatic carbocycles. The molecule has 9 aromatic rings. The fourth-order valence-electron chi connectivity index (χ4n) is 19.5. The Morgan fingerprint density at radius 3 is 1.52 bits per heavy atom. The van der Waals surface area contributed by atoms with Crippen LogP contribution in [0, 0.1) is 6.92 Å². The maximum absolute atomic E-state index is 7.28. The third-order valence-corrected chi connectivity index (χ3v) is 25.0. The molecule has 0 saturated heterocycles. The Labute approximate surface area is 532 Å². The SMILES string of the molecule is Cc1cc2c(cc1N1c3cc4c(cc3B3c5cc6c(cc5N(c5cccc7c5oc5ccccc57)c5cc(N7c8ccc(-c9ccc(C(C)(C)C)cc9)cc8C8(C)CCCCC78C)cc1c53)C(C)(C)CCC6(C)C)C(C)(C)CCC4(C)C)C(C)(C)CC2(C)C. The van der Waals surface area contributed by atoms with Gasteiger partial charge in [0.25, 0.3) is 6.71 Å². The molecule has 2 unspecified atom stereocenters. The third-order valence-electron chi connectivity index (χ3n) is 25.0. The summed E-state index contributed by atoms with van der Waals surface area (Å²) < 4.78 is 7.28. The lowest BCUT2D eigenvalue weighted by atomic mass is 9.32. The second-order valence-electron chi connectivity index (χ2n) is 34.5. The van der Waals surface area contributed by atoms with Crippen molar-refractivity contribution in [2.45, 2.75) is 231 Å². The Morgan fingerprint density at radius 2 is 0.921 bits per heavy atom. The Bertz CT molecular complexity index is 4540. The molecule has 2 atom stereocenters. The van der Waals surface area contributed by atoms with Crippen LogP contribution in [0.5, 0.6) is 0 Å². The van der Waals surface area contributed by atoms with Crippen molar-refractivity contribution in [3.63, 3.8) is 0 Å². The number of furan rings is 1. The van der Waals surface area contributed by atoms with Crippen LogP contribution in [0.1, 0.15) is 226 Å². The van der Waals surface area contributed by atoms with Gasteiger partial charge >= 0.3 is 0 Å². The van der Waals surface area contributed by atoms with Gasteiger partial charge in [0, 0.05) is 56.0 Å². The van der Waals surface area contributed by atoms with Gasteiger partial charge in [-0.05, 0) is 229 Å². The highest BCUT2D eigenvalue weighted by Gasteiger charge is 2.59. The number of benzene rings is 8. The first-order chi connectivity index (χ1) is 41.8. The van der Waals surface area contributed by atoms with E-state index in [1.807, 2.05) is 0 Å².